The van der Waals surface area contributed by atoms with Gasteiger partial charge in [-0.2, -0.15) is 0 Å². The number of quaternary nitrogens is 1. The van der Waals surface area contributed by atoms with Crippen LogP contribution in [0.1, 0.15) is 57.6 Å². The lowest BCUT2D eigenvalue weighted by Gasteiger charge is -2.40. The number of likely N-dealkylation sites (tertiary alicyclic amines) is 1. The lowest BCUT2D eigenvalue weighted by atomic mass is 10.1. The van der Waals surface area contributed by atoms with Crippen LogP contribution in [-0.4, -0.2) is 36.6 Å². The van der Waals surface area contributed by atoms with E-state index in [-0.39, 0.29) is 5.91 Å². The Hall–Kier alpha value is -1.35. The van der Waals surface area contributed by atoms with E-state index in [1.54, 1.807) is 0 Å². The third kappa shape index (κ3) is 5.98. The van der Waals surface area contributed by atoms with Crippen molar-refractivity contribution in [3.05, 3.63) is 29.3 Å². The van der Waals surface area contributed by atoms with Crippen LogP contribution in [0.15, 0.2) is 18.2 Å². The Bertz CT molecular complexity index is 470. The quantitative estimate of drug-likeness (QED) is 0.802. The first kappa shape index (κ1) is 19.7. The smallest absolute Gasteiger partial charge is 0.279 e. The average Bonchev–Trinajstić information content (AvgIpc) is 2.53. The van der Waals surface area contributed by atoms with Crippen LogP contribution < -0.4 is 5.32 Å². The van der Waals surface area contributed by atoms with Crippen molar-refractivity contribution < 1.29 is 9.28 Å². The number of carbonyl (C=O) groups is 1. The number of rotatable bonds is 4. The molecular weight excluding hydrogens is 284 g/mol. The van der Waals surface area contributed by atoms with Crippen molar-refractivity contribution in [2.45, 2.75) is 60.3 Å². The largest absolute Gasteiger partial charge is 0.321 e. The lowest BCUT2D eigenvalue weighted by Crippen LogP contribution is -2.55. The van der Waals surface area contributed by atoms with Crippen LogP contribution in [0, 0.1) is 13.8 Å². The van der Waals surface area contributed by atoms with Crippen LogP contribution in [0.5, 0.6) is 0 Å². The highest BCUT2D eigenvalue weighted by atomic mass is 16.2. The normalized spacial score (nSPS) is 16.2. The number of piperidine rings is 1. The van der Waals surface area contributed by atoms with Gasteiger partial charge in [0.05, 0.1) is 19.6 Å². The van der Waals surface area contributed by atoms with Gasteiger partial charge < -0.3 is 9.80 Å². The molecule has 1 saturated heterocycles. The Kier molecular flexibility index (Phi) is 8.32. The minimum absolute atomic E-state index is 0.158. The number of nitrogens with one attached hydrogen (secondary N) is 1. The van der Waals surface area contributed by atoms with Gasteiger partial charge in [0.2, 0.25) is 0 Å². The van der Waals surface area contributed by atoms with Crippen LogP contribution in [0.3, 0.4) is 0 Å². The van der Waals surface area contributed by atoms with Crippen LogP contribution in [0.2, 0.25) is 0 Å². The van der Waals surface area contributed by atoms with Gasteiger partial charge in [0.1, 0.15) is 0 Å². The van der Waals surface area contributed by atoms with Gasteiger partial charge in [0.15, 0.2) is 6.54 Å². The molecule has 1 heterocycles. The Labute approximate surface area is 142 Å². The van der Waals surface area contributed by atoms with Gasteiger partial charge in [-0.3, -0.25) is 4.79 Å². The number of nitrogens with zero attached hydrogens (tertiary/aromatic N) is 1. The highest BCUT2D eigenvalue weighted by Gasteiger charge is 2.30. The van der Waals surface area contributed by atoms with Crippen LogP contribution in [0.4, 0.5) is 5.69 Å². The maximum Gasteiger partial charge on any atom is 0.279 e. The molecule has 0 atom stereocenters. The molecule has 23 heavy (non-hydrogen) atoms. The summed E-state index contributed by atoms with van der Waals surface area (Å²) in [6, 6.07) is 6.13. The maximum atomic E-state index is 12.4. The highest BCUT2D eigenvalue weighted by molar-refractivity contribution is 5.93. The fraction of sp³-hybridized carbons (Fsp3) is 0.650. The molecule has 0 radical (unpaired) electrons. The van der Waals surface area contributed by atoms with E-state index in [9.17, 15) is 4.79 Å². The van der Waals surface area contributed by atoms with E-state index in [4.69, 9.17) is 0 Å². The van der Waals surface area contributed by atoms with Gasteiger partial charge in [0.25, 0.3) is 5.91 Å². The number of para-hydroxylation sites is 1. The zero-order chi connectivity index (χ0) is 17.3. The first-order valence-corrected chi connectivity index (χ1v) is 9.19. The van der Waals surface area contributed by atoms with Gasteiger partial charge in [-0.1, -0.05) is 38.5 Å². The molecule has 0 unspecified atom stereocenters. The summed E-state index contributed by atoms with van der Waals surface area (Å²) < 4.78 is 0.955. The molecule has 130 valence electrons. The van der Waals surface area contributed by atoms with Crippen molar-refractivity contribution in [2.75, 3.05) is 31.5 Å². The summed E-state index contributed by atoms with van der Waals surface area (Å²) in [5, 5.41) is 3.13. The molecule has 3 heteroatoms. The lowest BCUT2D eigenvalue weighted by molar-refractivity contribution is -0.923. The summed E-state index contributed by atoms with van der Waals surface area (Å²) in [4.78, 5) is 12.4. The summed E-state index contributed by atoms with van der Waals surface area (Å²) >= 11 is 0. The van der Waals surface area contributed by atoms with Crippen molar-refractivity contribution in [3.8, 4) is 0 Å². The van der Waals surface area contributed by atoms with Crippen molar-refractivity contribution >= 4 is 11.6 Å². The van der Waals surface area contributed by atoms with E-state index in [0.29, 0.717) is 6.54 Å². The average molecular weight is 320 g/mol. The van der Waals surface area contributed by atoms with E-state index < -0.39 is 0 Å². The molecule has 1 fully saturated rings. The fourth-order valence-electron chi connectivity index (χ4n) is 3.26. The second-order valence-corrected chi connectivity index (χ2v) is 6.85. The van der Waals surface area contributed by atoms with E-state index in [1.165, 1.54) is 25.7 Å². The van der Waals surface area contributed by atoms with Gasteiger partial charge in [-0.15, -0.1) is 0 Å². The van der Waals surface area contributed by atoms with Crippen LogP contribution in [0.25, 0.3) is 0 Å². The molecule has 3 nitrogen and oxygen atoms in total. The monoisotopic (exact) mass is 319 g/mol. The molecule has 0 saturated carbocycles. The number of carbonyl (C=O) groups excluding carboxylic acids is 1. The van der Waals surface area contributed by atoms with Crippen molar-refractivity contribution in [2.24, 2.45) is 0 Å². The highest BCUT2D eigenvalue weighted by Crippen LogP contribution is 2.21. The summed E-state index contributed by atoms with van der Waals surface area (Å²) in [5.74, 6) is 0.158. The molecule has 1 aliphatic heterocycles. The topological polar surface area (TPSA) is 29.1 Å². The number of likely N-dealkylation sites (N-methyl/N-ethyl adjacent to an activating group) is 1. The van der Waals surface area contributed by atoms with Gasteiger partial charge in [0, 0.05) is 5.69 Å². The molecule has 0 spiro atoms. The number of hydrogen-bond donors (Lipinski definition) is 1. The summed E-state index contributed by atoms with van der Waals surface area (Å²) in [6.45, 7) is 14.5. The molecule has 0 aromatic heterocycles. The minimum Gasteiger partial charge on any atom is -0.321 e. The Morgan fingerprint density at radius 3 is 2.04 bits per heavy atom. The summed E-state index contributed by atoms with van der Waals surface area (Å²) in [6.07, 6.45) is 5.08. The third-order valence-corrected chi connectivity index (χ3v) is 4.66. The molecule has 1 aromatic carbocycles. The number of hydrogen-bond acceptors (Lipinski definition) is 1. The first-order chi connectivity index (χ1) is 11.0. The van der Waals surface area contributed by atoms with Crippen LogP contribution in [-0.2, 0) is 4.79 Å². The number of anilines is 1. The minimum atomic E-state index is 0.158. The van der Waals surface area contributed by atoms with E-state index in [1.807, 2.05) is 32.0 Å². The summed E-state index contributed by atoms with van der Waals surface area (Å²) in [5.41, 5.74) is 3.27. The van der Waals surface area contributed by atoms with Gasteiger partial charge in [-0.25, -0.2) is 0 Å². The molecule has 1 aliphatic rings. The first-order valence-electron chi connectivity index (χ1n) is 9.19. The number of amides is 1. The van der Waals surface area contributed by atoms with E-state index >= 15 is 0 Å². The van der Waals surface area contributed by atoms with E-state index in [2.05, 4.69) is 26.1 Å². The Morgan fingerprint density at radius 1 is 1.04 bits per heavy atom. The van der Waals surface area contributed by atoms with Gasteiger partial charge in [-0.05, 0) is 51.2 Å². The predicted molar refractivity (Wildman–Crippen MR) is 99.8 cm³/mol. The Balaban J connectivity index is 0.000000816. The molecule has 0 bridgehead atoms. The predicted octanol–water partition coefficient (Wildman–Crippen LogP) is 4.68. The van der Waals surface area contributed by atoms with E-state index in [0.717, 1.165) is 40.9 Å². The van der Waals surface area contributed by atoms with Crippen molar-refractivity contribution in [1.82, 2.24) is 0 Å². The molecule has 0 aliphatic carbocycles. The second-order valence-electron chi connectivity index (χ2n) is 6.85. The molecule has 2 rings (SSSR count). The SMILES string of the molecule is CCC.CC[N+]1(CC(=O)Nc2c(C)cccc2C)CCCCC1. The molecule has 1 amide bonds. The molecular formula is C20H35N2O+. The van der Waals surface area contributed by atoms with Crippen molar-refractivity contribution in [1.29, 1.82) is 0 Å². The molecule has 1 aromatic rings. The zero-order valence-corrected chi connectivity index (χ0v) is 15.7. The van der Waals surface area contributed by atoms with Crippen molar-refractivity contribution in [3.63, 3.8) is 0 Å². The maximum absolute atomic E-state index is 12.4. The Morgan fingerprint density at radius 2 is 1.57 bits per heavy atom. The molecule has 1 N–H and O–H groups in total. The number of aryl methyl sites for hydroxylation is 2. The summed E-state index contributed by atoms with van der Waals surface area (Å²) in [7, 11) is 0. The third-order valence-electron chi connectivity index (χ3n) is 4.66. The second kappa shape index (κ2) is 9.71. The zero-order valence-electron chi connectivity index (χ0n) is 15.7. The van der Waals surface area contributed by atoms with Crippen LogP contribution >= 0.6 is 0 Å². The standard InChI is InChI=1S/C17H26N2O.C3H8/c1-4-19(11-6-5-7-12-19)13-16(20)18-17-14(2)9-8-10-15(17)3;1-3-2/h8-10H,4-7,11-13H2,1-3H3;3H2,1-2H3/p+1. The van der Waals surface area contributed by atoms with Gasteiger partial charge >= 0.3 is 0 Å². The number of benzene rings is 1. The fourth-order valence-corrected chi connectivity index (χ4v) is 3.26.